The zero-order valence-electron chi connectivity index (χ0n) is 13.1. The summed E-state index contributed by atoms with van der Waals surface area (Å²) in [5.74, 6) is 1.20. The lowest BCUT2D eigenvalue weighted by Crippen LogP contribution is -1.98. The standard InChI is InChI=1S/C17H10ClN5O3/c18-14-4-2-1-3-13(14)17-20-19-15-9-10-16(21-22(15)17)26-12-7-5-11(6-8-12)23(24)25/h1-10H. The quantitative estimate of drug-likeness (QED) is 0.397. The van der Waals surface area contributed by atoms with Crippen LogP contribution in [0, 0.1) is 10.1 Å². The first-order valence-corrected chi connectivity index (χ1v) is 7.89. The maximum Gasteiger partial charge on any atom is 0.269 e. The SMILES string of the molecule is O=[N+]([O-])c1ccc(Oc2ccc3nnc(-c4ccccc4Cl)n3n2)cc1. The second-order valence-electron chi connectivity index (χ2n) is 5.30. The van der Waals surface area contributed by atoms with Crippen LogP contribution in [0.2, 0.25) is 5.02 Å². The molecule has 0 radical (unpaired) electrons. The Balaban J connectivity index is 1.70. The number of non-ortho nitro benzene ring substituents is 1. The number of benzene rings is 2. The molecule has 0 aliphatic rings. The summed E-state index contributed by atoms with van der Waals surface area (Å²) in [5, 5.41) is 23.8. The van der Waals surface area contributed by atoms with Crippen molar-refractivity contribution in [2.75, 3.05) is 0 Å². The number of rotatable bonds is 4. The third-order valence-corrected chi connectivity index (χ3v) is 3.95. The average molecular weight is 368 g/mol. The van der Waals surface area contributed by atoms with E-state index in [4.69, 9.17) is 16.3 Å². The Hall–Kier alpha value is -3.52. The van der Waals surface area contributed by atoms with Crippen molar-refractivity contribution >= 4 is 22.9 Å². The molecule has 2 heterocycles. The minimum Gasteiger partial charge on any atom is -0.438 e. The molecular formula is C17H10ClN5O3. The van der Waals surface area contributed by atoms with E-state index >= 15 is 0 Å². The van der Waals surface area contributed by atoms with Gasteiger partial charge in [0.2, 0.25) is 5.88 Å². The van der Waals surface area contributed by atoms with E-state index in [0.29, 0.717) is 33.7 Å². The number of hydrogen-bond donors (Lipinski definition) is 0. The fourth-order valence-corrected chi connectivity index (χ4v) is 2.61. The Bertz CT molecular complexity index is 1110. The Labute approximate surface area is 151 Å². The largest absolute Gasteiger partial charge is 0.438 e. The van der Waals surface area contributed by atoms with Crippen LogP contribution < -0.4 is 4.74 Å². The van der Waals surface area contributed by atoms with Crippen LogP contribution in [-0.4, -0.2) is 24.7 Å². The van der Waals surface area contributed by atoms with Crippen molar-refractivity contribution in [3.63, 3.8) is 0 Å². The Morgan fingerprint density at radius 1 is 1.00 bits per heavy atom. The number of nitro groups is 1. The van der Waals surface area contributed by atoms with Gasteiger partial charge in [-0.3, -0.25) is 10.1 Å². The highest BCUT2D eigenvalue weighted by atomic mass is 35.5. The van der Waals surface area contributed by atoms with Crippen LogP contribution in [0.5, 0.6) is 11.6 Å². The number of aromatic nitrogens is 4. The van der Waals surface area contributed by atoms with E-state index in [1.165, 1.54) is 28.8 Å². The van der Waals surface area contributed by atoms with Gasteiger partial charge in [0.25, 0.3) is 5.69 Å². The lowest BCUT2D eigenvalue weighted by Gasteiger charge is -2.06. The molecule has 2 aromatic heterocycles. The van der Waals surface area contributed by atoms with Crippen molar-refractivity contribution in [1.82, 2.24) is 19.8 Å². The van der Waals surface area contributed by atoms with E-state index in [1.54, 1.807) is 18.2 Å². The maximum absolute atomic E-state index is 10.7. The van der Waals surface area contributed by atoms with Crippen LogP contribution in [0.1, 0.15) is 0 Å². The summed E-state index contributed by atoms with van der Waals surface area (Å²) in [7, 11) is 0. The summed E-state index contributed by atoms with van der Waals surface area (Å²) in [4.78, 5) is 10.2. The van der Waals surface area contributed by atoms with Crippen molar-refractivity contribution in [2.24, 2.45) is 0 Å². The molecule has 0 aliphatic carbocycles. The van der Waals surface area contributed by atoms with Crippen molar-refractivity contribution in [3.05, 3.63) is 75.8 Å². The molecule has 0 saturated carbocycles. The van der Waals surface area contributed by atoms with Gasteiger partial charge in [0.1, 0.15) is 5.75 Å². The molecular weight excluding hydrogens is 358 g/mol. The molecule has 4 rings (SSSR count). The van der Waals surface area contributed by atoms with Crippen LogP contribution in [0.15, 0.2) is 60.7 Å². The predicted molar refractivity (Wildman–Crippen MR) is 94.4 cm³/mol. The molecule has 0 bridgehead atoms. The molecule has 9 heteroatoms. The fraction of sp³-hybridized carbons (Fsp3) is 0. The number of nitro benzene ring substituents is 1. The van der Waals surface area contributed by atoms with Gasteiger partial charge in [-0.05, 0) is 30.3 Å². The van der Waals surface area contributed by atoms with Crippen LogP contribution in [0.3, 0.4) is 0 Å². The van der Waals surface area contributed by atoms with Crippen molar-refractivity contribution in [3.8, 4) is 23.0 Å². The van der Waals surface area contributed by atoms with Crippen molar-refractivity contribution in [1.29, 1.82) is 0 Å². The summed E-state index contributed by atoms with van der Waals surface area (Å²) in [5.41, 5.74) is 1.22. The Kier molecular flexibility index (Phi) is 3.94. The van der Waals surface area contributed by atoms with Crippen LogP contribution >= 0.6 is 11.6 Å². The number of nitrogens with zero attached hydrogens (tertiary/aromatic N) is 5. The molecule has 0 aliphatic heterocycles. The zero-order chi connectivity index (χ0) is 18.1. The van der Waals surface area contributed by atoms with E-state index < -0.39 is 4.92 Å². The third-order valence-electron chi connectivity index (χ3n) is 3.62. The van der Waals surface area contributed by atoms with E-state index in [-0.39, 0.29) is 5.69 Å². The third kappa shape index (κ3) is 2.93. The molecule has 2 aromatic carbocycles. The first-order valence-electron chi connectivity index (χ1n) is 7.51. The lowest BCUT2D eigenvalue weighted by molar-refractivity contribution is -0.384. The summed E-state index contributed by atoms with van der Waals surface area (Å²) >= 11 is 6.23. The number of hydrogen-bond acceptors (Lipinski definition) is 6. The number of ether oxygens (including phenoxy) is 1. The van der Waals surface area contributed by atoms with E-state index in [2.05, 4.69) is 15.3 Å². The highest BCUT2D eigenvalue weighted by molar-refractivity contribution is 6.33. The molecule has 128 valence electrons. The topological polar surface area (TPSA) is 95.5 Å². The molecule has 0 atom stereocenters. The predicted octanol–water partition coefficient (Wildman–Crippen LogP) is 4.15. The van der Waals surface area contributed by atoms with E-state index in [9.17, 15) is 10.1 Å². The van der Waals surface area contributed by atoms with Gasteiger partial charge in [-0.2, -0.15) is 4.52 Å². The van der Waals surface area contributed by atoms with Crippen molar-refractivity contribution in [2.45, 2.75) is 0 Å². The molecule has 0 amide bonds. The summed E-state index contributed by atoms with van der Waals surface area (Å²) in [6.07, 6.45) is 0. The molecule has 4 aromatic rings. The van der Waals surface area contributed by atoms with E-state index in [0.717, 1.165) is 0 Å². The first-order chi connectivity index (χ1) is 12.6. The van der Waals surface area contributed by atoms with Crippen LogP contribution in [0.25, 0.3) is 17.0 Å². The molecule has 0 unspecified atom stereocenters. The Morgan fingerprint density at radius 2 is 1.77 bits per heavy atom. The highest BCUT2D eigenvalue weighted by Gasteiger charge is 2.13. The minimum absolute atomic E-state index is 0.0134. The fourth-order valence-electron chi connectivity index (χ4n) is 2.39. The van der Waals surface area contributed by atoms with Gasteiger partial charge in [-0.15, -0.1) is 15.3 Å². The molecule has 0 fully saturated rings. The normalized spacial score (nSPS) is 10.8. The van der Waals surface area contributed by atoms with Crippen LogP contribution in [0.4, 0.5) is 5.69 Å². The van der Waals surface area contributed by atoms with Gasteiger partial charge in [0.05, 0.1) is 9.95 Å². The molecule has 0 spiro atoms. The van der Waals surface area contributed by atoms with Gasteiger partial charge in [0, 0.05) is 23.8 Å². The zero-order valence-corrected chi connectivity index (χ0v) is 13.9. The summed E-state index contributed by atoms with van der Waals surface area (Å²) < 4.78 is 7.20. The minimum atomic E-state index is -0.471. The van der Waals surface area contributed by atoms with E-state index in [1.807, 2.05) is 18.2 Å². The van der Waals surface area contributed by atoms with Gasteiger partial charge in [-0.25, -0.2) is 0 Å². The van der Waals surface area contributed by atoms with Gasteiger partial charge in [0.15, 0.2) is 11.5 Å². The second-order valence-corrected chi connectivity index (χ2v) is 5.71. The van der Waals surface area contributed by atoms with Gasteiger partial charge >= 0.3 is 0 Å². The lowest BCUT2D eigenvalue weighted by atomic mass is 10.2. The van der Waals surface area contributed by atoms with Gasteiger partial charge < -0.3 is 4.74 Å². The van der Waals surface area contributed by atoms with Gasteiger partial charge in [-0.1, -0.05) is 23.7 Å². The van der Waals surface area contributed by atoms with Crippen LogP contribution in [-0.2, 0) is 0 Å². The molecule has 0 N–H and O–H groups in total. The Morgan fingerprint density at radius 3 is 2.50 bits per heavy atom. The van der Waals surface area contributed by atoms with Crippen molar-refractivity contribution < 1.29 is 9.66 Å². The highest BCUT2D eigenvalue weighted by Crippen LogP contribution is 2.27. The molecule has 8 nitrogen and oxygen atoms in total. The second kappa shape index (κ2) is 6.41. The monoisotopic (exact) mass is 367 g/mol. The first kappa shape index (κ1) is 16.0. The maximum atomic E-state index is 10.7. The summed E-state index contributed by atoms with van der Waals surface area (Å²) in [6.45, 7) is 0. The smallest absolute Gasteiger partial charge is 0.269 e. The number of fused-ring (bicyclic) bond motifs is 1. The average Bonchev–Trinajstić information content (AvgIpc) is 3.06. The molecule has 26 heavy (non-hydrogen) atoms. The summed E-state index contributed by atoms with van der Waals surface area (Å²) in [6, 6.07) is 16.3. The number of halogens is 1. The molecule has 0 saturated heterocycles.